The van der Waals surface area contributed by atoms with Crippen LogP contribution in [0.5, 0.6) is 0 Å². The van der Waals surface area contributed by atoms with Gasteiger partial charge >= 0.3 is 6.18 Å². The highest BCUT2D eigenvalue weighted by atomic mass is 19.4. The van der Waals surface area contributed by atoms with Gasteiger partial charge in [0.05, 0.1) is 23.5 Å². The first kappa shape index (κ1) is 20.9. The summed E-state index contributed by atoms with van der Waals surface area (Å²) in [6.45, 7) is 2.97. The van der Waals surface area contributed by atoms with Crippen molar-refractivity contribution < 1.29 is 17.6 Å². The van der Waals surface area contributed by atoms with Gasteiger partial charge in [-0.1, -0.05) is 12.1 Å². The molecule has 4 heterocycles. The third kappa shape index (κ3) is 4.46. The third-order valence-electron chi connectivity index (χ3n) is 5.91. The maximum Gasteiger partial charge on any atom is 0.416 e. The maximum atomic E-state index is 13.0. The molecule has 0 bridgehead atoms. The molecule has 0 atom stereocenters. The first-order valence-corrected chi connectivity index (χ1v) is 10.8. The Morgan fingerprint density at radius 1 is 1.06 bits per heavy atom. The molecule has 2 aromatic heterocycles. The second kappa shape index (κ2) is 8.50. The summed E-state index contributed by atoms with van der Waals surface area (Å²) >= 11 is 0. The summed E-state index contributed by atoms with van der Waals surface area (Å²) in [5.74, 6) is 1.91. The minimum atomic E-state index is -4.38. The van der Waals surface area contributed by atoms with Crippen LogP contribution in [0, 0.1) is 0 Å². The van der Waals surface area contributed by atoms with Crippen molar-refractivity contribution in [2.75, 3.05) is 13.1 Å². The smallest absolute Gasteiger partial charge is 0.416 e. The zero-order valence-corrected chi connectivity index (χ0v) is 17.5. The number of aromatic nitrogens is 2. The molecule has 8 heteroatoms. The summed E-state index contributed by atoms with van der Waals surface area (Å²) in [4.78, 5) is 16.1. The van der Waals surface area contributed by atoms with Crippen LogP contribution in [0.15, 0.2) is 52.0 Å². The molecule has 0 amide bonds. The predicted molar refractivity (Wildman–Crippen MR) is 114 cm³/mol. The fourth-order valence-corrected chi connectivity index (χ4v) is 4.22. The van der Waals surface area contributed by atoms with Crippen LogP contribution in [0.4, 0.5) is 13.2 Å². The Hall–Kier alpha value is -3.00. The molecule has 166 valence electrons. The Morgan fingerprint density at radius 2 is 1.97 bits per heavy atom. The van der Waals surface area contributed by atoms with Gasteiger partial charge in [-0.05, 0) is 43.5 Å². The average Bonchev–Trinajstić information content (AvgIpc) is 3.27. The van der Waals surface area contributed by atoms with E-state index in [0.29, 0.717) is 24.4 Å². The molecule has 0 saturated heterocycles. The SMILES string of the molecule is FC(F)(F)c1cccc(-c2ccc(CN3CCc4nc(C5=NCCCC5)ncc4C3)o2)c1. The molecule has 2 aliphatic rings. The summed E-state index contributed by atoms with van der Waals surface area (Å²) in [5, 5.41) is 0. The van der Waals surface area contributed by atoms with E-state index in [-0.39, 0.29) is 0 Å². The van der Waals surface area contributed by atoms with Crippen molar-refractivity contribution in [3.8, 4) is 11.3 Å². The largest absolute Gasteiger partial charge is 0.460 e. The molecule has 0 aliphatic carbocycles. The van der Waals surface area contributed by atoms with Crippen LogP contribution in [-0.2, 0) is 25.7 Å². The van der Waals surface area contributed by atoms with Crippen LogP contribution < -0.4 is 0 Å². The fraction of sp³-hybridized carbons (Fsp3) is 0.375. The van der Waals surface area contributed by atoms with E-state index in [1.165, 1.54) is 6.07 Å². The Bertz CT molecular complexity index is 1150. The van der Waals surface area contributed by atoms with Gasteiger partial charge in [-0.25, -0.2) is 9.97 Å². The number of fused-ring (bicyclic) bond motifs is 1. The minimum Gasteiger partial charge on any atom is -0.460 e. The number of hydrogen-bond donors (Lipinski definition) is 0. The molecule has 0 unspecified atom stereocenters. The number of alkyl halides is 3. The summed E-state index contributed by atoms with van der Waals surface area (Å²) in [6, 6.07) is 8.75. The number of furan rings is 1. The Labute approximate surface area is 184 Å². The van der Waals surface area contributed by atoms with E-state index in [2.05, 4.69) is 14.9 Å². The molecular weight excluding hydrogens is 417 g/mol. The Balaban J connectivity index is 1.27. The summed E-state index contributed by atoms with van der Waals surface area (Å²) < 4.78 is 44.9. The minimum absolute atomic E-state index is 0.418. The number of rotatable bonds is 4. The van der Waals surface area contributed by atoms with Crippen molar-refractivity contribution in [2.24, 2.45) is 4.99 Å². The Kier molecular flexibility index (Phi) is 5.55. The quantitative estimate of drug-likeness (QED) is 0.554. The van der Waals surface area contributed by atoms with Crippen LogP contribution in [-0.4, -0.2) is 33.7 Å². The lowest BCUT2D eigenvalue weighted by atomic mass is 10.1. The maximum absolute atomic E-state index is 13.0. The van der Waals surface area contributed by atoms with Crippen LogP contribution in [0.25, 0.3) is 11.3 Å². The van der Waals surface area contributed by atoms with Crippen molar-refractivity contribution in [2.45, 2.75) is 44.9 Å². The molecule has 0 spiro atoms. The molecule has 32 heavy (non-hydrogen) atoms. The number of nitrogens with zero attached hydrogens (tertiary/aromatic N) is 4. The topological polar surface area (TPSA) is 54.5 Å². The van der Waals surface area contributed by atoms with Gasteiger partial charge in [-0.15, -0.1) is 0 Å². The van der Waals surface area contributed by atoms with Crippen LogP contribution in [0.1, 0.15) is 47.7 Å². The highest BCUT2D eigenvalue weighted by Gasteiger charge is 2.30. The van der Waals surface area contributed by atoms with Crippen molar-refractivity contribution in [1.82, 2.24) is 14.9 Å². The molecular formula is C24H23F3N4O. The normalized spacial score (nSPS) is 17.2. The molecule has 3 aromatic rings. The second-order valence-corrected chi connectivity index (χ2v) is 8.26. The predicted octanol–water partition coefficient (Wildman–Crippen LogP) is 5.29. The highest BCUT2D eigenvalue weighted by molar-refractivity contribution is 5.97. The first-order valence-electron chi connectivity index (χ1n) is 10.8. The second-order valence-electron chi connectivity index (χ2n) is 8.26. The third-order valence-corrected chi connectivity index (χ3v) is 5.91. The van der Waals surface area contributed by atoms with E-state index in [4.69, 9.17) is 9.40 Å². The van der Waals surface area contributed by atoms with Crippen molar-refractivity contribution >= 4 is 5.71 Å². The standard InChI is InChI=1S/C24H23F3N4O/c25-24(26,27)18-5-3-4-16(12-18)22-8-7-19(32-22)15-31-11-9-20-17(14-31)13-29-23(30-20)21-6-1-2-10-28-21/h3-5,7-8,12-13H,1-2,6,9-11,14-15H2. The number of hydrogen-bond acceptors (Lipinski definition) is 5. The highest BCUT2D eigenvalue weighted by Crippen LogP contribution is 2.33. The van der Waals surface area contributed by atoms with E-state index < -0.39 is 11.7 Å². The van der Waals surface area contributed by atoms with Crippen LogP contribution in [0.3, 0.4) is 0 Å². The van der Waals surface area contributed by atoms with Crippen molar-refractivity contribution in [1.29, 1.82) is 0 Å². The van der Waals surface area contributed by atoms with Gasteiger partial charge in [0.2, 0.25) is 0 Å². The van der Waals surface area contributed by atoms with Gasteiger partial charge in [-0.3, -0.25) is 9.89 Å². The van der Waals surface area contributed by atoms with Gasteiger partial charge in [0.1, 0.15) is 11.5 Å². The van der Waals surface area contributed by atoms with E-state index in [9.17, 15) is 13.2 Å². The molecule has 2 aliphatic heterocycles. The molecule has 0 fully saturated rings. The van der Waals surface area contributed by atoms with E-state index >= 15 is 0 Å². The van der Waals surface area contributed by atoms with Gasteiger partial charge in [-0.2, -0.15) is 13.2 Å². The lowest BCUT2D eigenvalue weighted by molar-refractivity contribution is -0.137. The zero-order chi connectivity index (χ0) is 22.1. The van der Waals surface area contributed by atoms with Gasteiger partial charge in [0, 0.05) is 43.4 Å². The van der Waals surface area contributed by atoms with E-state index in [1.807, 2.05) is 12.3 Å². The zero-order valence-electron chi connectivity index (χ0n) is 17.5. The van der Waals surface area contributed by atoms with E-state index in [1.54, 1.807) is 12.1 Å². The Morgan fingerprint density at radius 3 is 2.78 bits per heavy atom. The number of halogens is 3. The van der Waals surface area contributed by atoms with Crippen molar-refractivity contribution in [3.05, 3.63) is 71.0 Å². The number of aliphatic imine (C=N–C) groups is 1. The lowest BCUT2D eigenvalue weighted by Crippen LogP contribution is -2.31. The van der Waals surface area contributed by atoms with Gasteiger partial charge < -0.3 is 4.42 Å². The summed E-state index contributed by atoms with van der Waals surface area (Å²) in [5.41, 5.74) is 2.92. The molecule has 0 saturated carbocycles. The molecule has 1 aromatic carbocycles. The average molecular weight is 440 g/mol. The molecule has 0 radical (unpaired) electrons. The van der Waals surface area contributed by atoms with Crippen LogP contribution in [0.2, 0.25) is 0 Å². The first-order chi connectivity index (χ1) is 15.5. The lowest BCUT2D eigenvalue weighted by Gasteiger charge is -2.27. The summed E-state index contributed by atoms with van der Waals surface area (Å²) in [7, 11) is 0. The molecule has 0 N–H and O–H groups in total. The monoisotopic (exact) mass is 440 g/mol. The number of benzene rings is 1. The summed E-state index contributed by atoms with van der Waals surface area (Å²) in [6.07, 6.45) is 1.55. The van der Waals surface area contributed by atoms with Gasteiger partial charge in [0.15, 0.2) is 5.82 Å². The molecule has 5 nitrogen and oxygen atoms in total. The van der Waals surface area contributed by atoms with Crippen molar-refractivity contribution in [3.63, 3.8) is 0 Å². The molecule has 5 rings (SSSR count). The van der Waals surface area contributed by atoms with Gasteiger partial charge in [0.25, 0.3) is 0 Å². The van der Waals surface area contributed by atoms with E-state index in [0.717, 1.165) is 79.5 Å². The fourth-order valence-electron chi connectivity index (χ4n) is 4.22. The van der Waals surface area contributed by atoms with Crippen LogP contribution >= 0.6 is 0 Å².